The molecule has 42 heavy (non-hydrogen) atoms. The van der Waals surface area contributed by atoms with Gasteiger partial charge in [-0.2, -0.15) is 0 Å². The van der Waals surface area contributed by atoms with E-state index in [1.165, 1.54) is 12.3 Å². The first kappa shape index (κ1) is 28.5. The molecule has 11 heteroatoms. The zero-order valence-corrected chi connectivity index (χ0v) is 24.4. The van der Waals surface area contributed by atoms with Crippen molar-refractivity contribution in [1.29, 1.82) is 0 Å². The number of likely N-dealkylation sites (tertiary alicyclic amines) is 1. The van der Waals surface area contributed by atoms with E-state index in [1.807, 2.05) is 30.3 Å². The van der Waals surface area contributed by atoms with Crippen molar-refractivity contribution in [3.8, 4) is 5.75 Å². The number of amides is 2. The third-order valence-electron chi connectivity index (χ3n) is 8.57. The number of aromatic nitrogens is 2. The van der Waals surface area contributed by atoms with E-state index in [4.69, 9.17) is 26.8 Å². The number of benzene rings is 2. The first-order chi connectivity index (χ1) is 19.9. The van der Waals surface area contributed by atoms with Gasteiger partial charge in [-0.15, -0.1) is 0 Å². The molecule has 222 valence electrons. The van der Waals surface area contributed by atoms with Crippen LogP contribution in [0.2, 0.25) is 5.02 Å². The van der Waals surface area contributed by atoms with E-state index in [1.54, 1.807) is 36.4 Å². The Hall–Kier alpha value is -3.66. The summed E-state index contributed by atoms with van der Waals surface area (Å²) in [6.07, 6.45) is 2.27. The second-order valence-corrected chi connectivity index (χ2v) is 12.7. The monoisotopic (exact) mass is 598 g/mol. The van der Waals surface area contributed by atoms with Gasteiger partial charge in [-0.1, -0.05) is 41.9 Å². The van der Waals surface area contributed by atoms with Gasteiger partial charge in [-0.05, 0) is 44.7 Å². The minimum absolute atomic E-state index is 0.0805. The van der Waals surface area contributed by atoms with Crippen LogP contribution in [0.25, 0.3) is 0 Å². The van der Waals surface area contributed by atoms with Crippen molar-refractivity contribution in [3.63, 3.8) is 0 Å². The predicted molar refractivity (Wildman–Crippen MR) is 151 cm³/mol. The first-order valence-electron chi connectivity index (χ1n) is 14.1. The van der Waals surface area contributed by atoms with Gasteiger partial charge in [0.05, 0.1) is 17.0 Å². The summed E-state index contributed by atoms with van der Waals surface area (Å²) in [5.41, 5.74) is 5.35. The van der Waals surface area contributed by atoms with Crippen molar-refractivity contribution in [2.45, 2.75) is 75.9 Å². The average molecular weight is 599 g/mol. The quantitative estimate of drug-likeness (QED) is 0.408. The van der Waals surface area contributed by atoms with Crippen LogP contribution in [-0.4, -0.2) is 44.6 Å². The van der Waals surface area contributed by atoms with E-state index in [-0.39, 0.29) is 35.1 Å². The first-order valence-corrected chi connectivity index (χ1v) is 14.5. The Morgan fingerprint density at radius 1 is 1.24 bits per heavy atom. The summed E-state index contributed by atoms with van der Waals surface area (Å²) < 4.78 is 45.9. The molecule has 6 rings (SSSR count). The molecule has 0 saturated carbocycles. The summed E-state index contributed by atoms with van der Waals surface area (Å²) in [6.45, 7) is 5.95. The lowest BCUT2D eigenvalue weighted by atomic mass is 9.74. The molecule has 0 spiro atoms. The lowest BCUT2D eigenvalue weighted by Gasteiger charge is -2.40. The molecular formula is C31H33ClF2N4O4. The number of alkyl halides is 1. The van der Waals surface area contributed by atoms with Crippen LogP contribution in [0, 0.1) is 11.7 Å². The smallest absolute Gasteiger partial charge is 0.410 e. The fraction of sp³-hybridized carbons (Fsp3) is 0.452. The number of rotatable bonds is 4. The average Bonchev–Trinajstić information content (AvgIpc) is 3.68. The van der Waals surface area contributed by atoms with Crippen LogP contribution < -0.4 is 10.5 Å². The molecule has 4 heterocycles. The number of ether oxygens (including phenoxy) is 2. The zero-order chi connectivity index (χ0) is 30.0. The van der Waals surface area contributed by atoms with Gasteiger partial charge < -0.3 is 24.7 Å². The molecule has 1 fully saturated rings. The van der Waals surface area contributed by atoms with Gasteiger partial charge in [0.2, 0.25) is 5.91 Å². The standard InChI is InChI=1S/C31H33ClF2N4O4/c1-30(2,3)42-29(40)38-12-7-10-22(38)31(17-8-5-4-6-9-17)15-18-21(41-31)14-20(33)25(32)23(18)24-19(27(35)39)16-37-13-11-36-28(37)26(24)34/h4-6,8-9,11,13-14,19,22,24,26H,7,10,12,15-16H2,1-3H3,(H2,35,39)/t19?,22-,24?,26?,31-/m0/s1. The van der Waals surface area contributed by atoms with Crippen LogP contribution in [0.4, 0.5) is 13.6 Å². The van der Waals surface area contributed by atoms with E-state index < -0.39 is 53.1 Å². The van der Waals surface area contributed by atoms with E-state index in [0.29, 0.717) is 24.9 Å². The molecule has 2 N–H and O–H groups in total. The van der Waals surface area contributed by atoms with Gasteiger partial charge in [0.1, 0.15) is 23.0 Å². The van der Waals surface area contributed by atoms with Crippen molar-refractivity contribution >= 4 is 23.6 Å². The van der Waals surface area contributed by atoms with Crippen molar-refractivity contribution in [2.75, 3.05) is 6.54 Å². The highest BCUT2D eigenvalue weighted by Gasteiger charge is 2.55. The fourth-order valence-corrected chi connectivity index (χ4v) is 7.15. The van der Waals surface area contributed by atoms with Gasteiger partial charge in [0.25, 0.3) is 0 Å². The zero-order valence-electron chi connectivity index (χ0n) is 23.6. The van der Waals surface area contributed by atoms with Crippen LogP contribution in [0.5, 0.6) is 5.75 Å². The summed E-state index contributed by atoms with van der Waals surface area (Å²) in [5, 5.41) is -0.282. The molecule has 3 unspecified atom stereocenters. The second kappa shape index (κ2) is 10.3. The lowest BCUT2D eigenvalue weighted by Crippen LogP contribution is -2.53. The summed E-state index contributed by atoms with van der Waals surface area (Å²) in [6, 6.07) is 10.1. The number of nitrogens with two attached hydrogens (primary N) is 1. The Kier molecular flexibility index (Phi) is 6.95. The maximum Gasteiger partial charge on any atom is 0.410 e. The third-order valence-corrected chi connectivity index (χ3v) is 8.96. The Labute approximate surface area is 247 Å². The lowest BCUT2D eigenvalue weighted by molar-refractivity contribution is -0.124. The molecular weight excluding hydrogens is 566 g/mol. The van der Waals surface area contributed by atoms with Crippen molar-refractivity contribution in [2.24, 2.45) is 11.7 Å². The van der Waals surface area contributed by atoms with Crippen molar-refractivity contribution in [1.82, 2.24) is 14.5 Å². The van der Waals surface area contributed by atoms with E-state index in [0.717, 1.165) is 5.56 Å². The summed E-state index contributed by atoms with van der Waals surface area (Å²) >= 11 is 6.64. The number of imidazole rings is 1. The van der Waals surface area contributed by atoms with Gasteiger partial charge in [0, 0.05) is 49.5 Å². The molecule has 0 radical (unpaired) electrons. The Balaban J connectivity index is 1.50. The topological polar surface area (TPSA) is 99.7 Å². The van der Waals surface area contributed by atoms with E-state index in [2.05, 4.69) is 4.98 Å². The van der Waals surface area contributed by atoms with Gasteiger partial charge in [0.15, 0.2) is 11.8 Å². The van der Waals surface area contributed by atoms with Crippen LogP contribution in [0.15, 0.2) is 48.8 Å². The molecule has 8 nitrogen and oxygen atoms in total. The summed E-state index contributed by atoms with van der Waals surface area (Å²) in [4.78, 5) is 31.9. The second-order valence-electron chi connectivity index (χ2n) is 12.3. The van der Waals surface area contributed by atoms with Crippen LogP contribution in [0.1, 0.15) is 68.2 Å². The van der Waals surface area contributed by atoms with Crippen LogP contribution in [-0.2, 0) is 28.1 Å². The van der Waals surface area contributed by atoms with E-state index in [9.17, 15) is 9.59 Å². The van der Waals surface area contributed by atoms with Crippen LogP contribution in [0.3, 0.4) is 0 Å². The predicted octanol–water partition coefficient (Wildman–Crippen LogP) is 5.82. The molecule has 2 amide bonds. The largest absolute Gasteiger partial charge is 0.480 e. The maximum absolute atomic E-state index is 16.3. The summed E-state index contributed by atoms with van der Waals surface area (Å²) in [5.74, 6) is -3.41. The number of primary amides is 1. The summed E-state index contributed by atoms with van der Waals surface area (Å²) in [7, 11) is 0. The number of carbonyl (C=O) groups excluding carboxylic acids is 2. The number of halogens is 3. The minimum Gasteiger partial charge on any atom is -0.480 e. The number of hydrogen-bond donors (Lipinski definition) is 1. The Morgan fingerprint density at radius 3 is 2.67 bits per heavy atom. The Morgan fingerprint density at radius 2 is 1.98 bits per heavy atom. The fourth-order valence-electron chi connectivity index (χ4n) is 6.85. The molecule has 5 atom stereocenters. The molecule has 3 aliphatic rings. The normalized spacial score (nSPS) is 26.9. The molecule has 2 aromatic carbocycles. The SMILES string of the molecule is CC(C)(C)OC(=O)N1CCC[C@H]1[C@@]1(c2ccccc2)Cc2c(cc(F)c(Cl)c2C2C(C(N)=O)Cn3ccnc3C2F)O1. The highest BCUT2D eigenvalue weighted by Crippen LogP contribution is 2.55. The van der Waals surface area contributed by atoms with Gasteiger partial charge in [-0.25, -0.2) is 18.6 Å². The molecule has 3 aromatic rings. The number of nitrogens with zero attached hydrogens (tertiary/aromatic N) is 3. The van der Waals surface area contributed by atoms with Gasteiger partial charge in [-0.3, -0.25) is 4.79 Å². The van der Waals surface area contributed by atoms with Crippen LogP contribution >= 0.6 is 11.6 Å². The molecule has 3 aliphatic heterocycles. The molecule has 0 aliphatic carbocycles. The molecule has 1 saturated heterocycles. The molecule has 1 aromatic heterocycles. The number of carbonyl (C=O) groups is 2. The van der Waals surface area contributed by atoms with E-state index >= 15 is 8.78 Å². The highest BCUT2D eigenvalue weighted by molar-refractivity contribution is 6.31. The van der Waals surface area contributed by atoms with Gasteiger partial charge >= 0.3 is 6.09 Å². The molecule has 0 bridgehead atoms. The van der Waals surface area contributed by atoms with Crippen molar-refractivity contribution in [3.05, 3.63) is 82.1 Å². The maximum atomic E-state index is 16.3. The third kappa shape index (κ3) is 4.60. The Bertz CT molecular complexity index is 1540. The number of fused-ring (bicyclic) bond motifs is 2. The highest BCUT2D eigenvalue weighted by atomic mass is 35.5. The minimum atomic E-state index is -1.77. The van der Waals surface area contributed by atoms with Crippen molar-refractivity contribution < 1.29 is 27.8 Å². The number of hydrogen-bond acceptors (Lipinski definition) is 5.